The Morgan fingerprint density at radius 2 is 2.33 bits per heavy atom. The monoisotopic (exact) mass is 300 g/mol. The van der Waals surface area contributed by atoms with Gasteiger partial charge in [-0.05, 0) is 25.1 Å². The number of hydrogen-bond acceptors (Lipinski definition) is 5. The Kier molecular flexibility index (Phi) is 2.94. The molecule has 2 aromatic rings. The average molecular weight is 300 g/mol. The molecule has 108 valence electrons. The van der Waals surface area contributed by atoms with Gasteiger partial charge in [-0.25, -0.2) is 0 Å². The maximum Gasteiger partial charge on any atom is 0.256 e. The third-order valence-corrected chi connectivity index (χ3v) is 5.19. The average Bonchev–Trinajstić information content (AvgIpc) is 2.85. The zero-order valence-electron chi connectivity index (χ0n) is 11.7. The Balaban J connectivity index is 1.71. The van der Waals surface area contributed by atoms with Crippen molar-refractivity contribution >= 4 is 22.2 Å². The quantitative estimate of drug-likeness (QED) is 0.845. The van der Waals surface area contributed by atoms with E-state index in [0.29, 0.717) is 0 Å². The van der Waals surface area contributed by atoms with Crippen molar-refractivity contribution in [2.75, 3.05) is 18.9 Å². The summed E-state index contributed by atoms with van der Waals surface area (Å²) in [5.74, 6) is 0.0275. The number of thiophene rings is 1. The lowest BCUT2D eigenvalue weighted by Crippen LogP contribution is -2.38. The SMILES string of the molecule is CN1CCc2c(sc3c2C(=O)N[C@@H](c2cccnc2)N3)C1. The zero-order valence-corrected chi connectivity index (χ0v) is 12.5. The normalized spacial score (nSPS) is 21.2. The predicted molar refractivity (Wildman–Crippen MR) is 82.4 cm³/mol. The van der Waals surface area contributed by atoms with E-state index in [9.17, 15) is 4.79 Å². The van der Waals surface area contributed by atoms with Crippen molar-refractivity contribution in [1.29, 1.82) is 0 Å². The molecular formula is C15H16N4OS. The van der Waals surface area contributed by atoms with Crippen LogP contribution in [-0.4, -0.2) is 29.4 Å². The summed E-state index contributed by atoms with van der Waals surface area (Å²) in [6.45, 7) is 1.94. The van der Waals surface area contributed by atoms with Crippen LogP contribution in [0.2, 0.25) is 0 Å². The second-order valence-corrected chi connectivity index (χ2v) is 6.64. The number of rotatable bonds is 1. The number of aromatic nitrogens is 1. The number of carbonyl (C=O) groups excluding carboxylic acids is 1. The van der Waals surface area contributed by atoms with Crippen molar-refractivity contribution in [3.63, 3.8) is 0 Å². The molecule has 0 spiro atoms. The summed E-state index contributed by atoms with van der Waals surface area (Å²) in [6.07, 6.45) is 4.27. The summed E-state index contributed by atoms with van der Waals surface area (Å²) < 4.78 is 0. The van der Waals surface area contributed by atoms with E-state index in [2.05, 4.69) is 27.6 Å². The Morgan fingerprint density at radius 1 is 1.43 bits per heavy atom. The van der Waals surface area contributed by atoms with Crippen molar-refractivity contribution < 1.29 is 4.79 Å². The van der Waals surface area contributed by atoms with Gasteiger partial charge in [0.2, 0.25) is 0 Å². The number of carbonyl (C=O) groups is 1. The zero-order chi connectivity index (χ0) is 14.4. The lowest BCUT2D eigenvalue weighted by molar-refractivity contribution is 0.0935. The molecule has 2 aliphatic heterocycles. The van der Waals surface area contributed by atoms with Gasteiger partial charge < -0.3 is 15.5 Å². The molecule has 5 nitrogen and oxygen atoms in total. The molecule has 21 heavy (non-hydrogen) atoms. The van der Waals surface area contributed by atoms with Crippen LogP contribution in [0.3, 0.4) is 0 Å². The number of anilines is 1. The van der Waals surface area contributed by atoms with Gasteiger partial charge >= 0.3 is 0 Å². The third kappa shape index (κ3) is 2.11. The topological polar surface area (TPSA) is 57.3 Å². The van der Waals surface area contributed by atoms with Gasteiger partial charge in [0.25, 0.3) is 5.91 Å². The summed E-state index contributed by atoms with van der Waals surface area (Å²) in [5, 5.41) is 7.48. The smallest absolute Gasteiger partial charge is 0.256 e. The highest BCUT2D eigenvalue weighted by molar-refractivity contribution is 7.16. The molecule has 1 amide bonds. The fourth-order valence-corrected chi connectivity index (χ4v) is 4.31. The minimum absolute atomic E-state index is 0.0275. The van der Waals surface area contributed by atoms with Crippen LogP contribution in [-0.2, 0) is 13.0 Å². The molecular weight excluding hydrogens is 284 g/mol. The minimum Gasteiger partial charge on any atom is -0.353 e. The summed E-state index contributed by atoms with van der Waals surface area (Å²) in [7, 11) is 2.12. The molecule has 6 heteroatoms. The molecule has 0 saturated heterocycles. The van der Waals surface area contributed by atoms with Crippen molar-refractivity contribution in [3.05, 3.63) is 46.1 Å². The first-order chi connectivity index (χ1) is 10.2. The molecule has 0 saturated carbocycles. The Hall–Kier alpha value is -1.92. The maximum absolute atomic E-state index is 12.5. The van der Waals surface area contributed by atoms with Gasteiger partial charge in [0.1, 0.15) is 11.2 Å². The maximum atomic E-state index is 12.5. The Bertz CT molecular complexity index is 697. The van der Waals surface area contributed by atoms with E-state index >= 15 is 0 Å². The summed E-state index contributed by atoms with van der Waals surface area (Å²) >= 11 is 1.71. The first kappa shape index (κ1) is 12.8. The molecule has 4 rings (SSSR count). The van der Waals surface area contributed by atoms with E-state index in [-0.39, 0.29) is 12.1 Å². The molecule has 0 aliphatic carbocycles. The highest BCUT2D eigenvalue weighted by Gasteiger charge is 2.32. The molecule has 0 fully saturated rings. The van der Waals surface area contributed by atoms with Crippen LogP contribution in [0, 0.1) is 0 Å². The lowest BCUT2D eigenvalue weighted by atomic mass is 10.0. The van der Waals surface area contributed by atoms with E-state index in [1.807, 2.05) is 12.1 Å². The van der Waals surface area contributed by atoms with Crippen LogP contribution in [0.1, 0.15) is 32.5 Å². The number of fused-ring (bicyclic) bond motifs is 3. The van der Waals surface area contributed by atoms with Crippen LogP contribution in [0.15, 0.2) is 24.5 Å². The van der Waals surface area contributed by atoms with Crippen molar-refractivity contribution in [2.45, 2.75) is 19.1 Å². The second-order valence-electron chi connectivity index (χ2n) is 5.53. The summed E-state index contributed by atoms with van der Waals surface area (Å²) in [4.78, 5) is 20.2. The van der Waals surface area contributed by atoms with E-state index in [1.165, 1.54) is 10.4 Å². The summed E-state index contributed by atoms with van der Waals surface area (Å²) in [5.41, 5.74) is 3.05. The van der Waals surface area contributed by atoms with Crippen molar-refractivity contribution in [3.8, 4) is 0 Å². The number of pyridine rings is 1. The standard InChI is InChI=1S/C15H16N4OS/c1-19-6-4-10-11(8-19)21-15-12(10)14(20)17-13(18-15)9-3-2-5-16-7-9/h2-3,5,7,13,18H,4,6,8H2,1H3,(H,17,20)/t13-/m1/s1. The van der Waals surface area contributed by atoms with Crippen LogP contribution in [0.25, 0.3) is 0 Å². The highest BCUT2D eigenvalue weighted by atomic mass is 32.1. The lowest BCUT2D eigenvalue weighted by Gasteiger charge is -2.27. The Morgan fingerprint density at radius 3 is 3.14 bits per heavy atom. The minimum atomic E-state index is -0.198. The van der Waals surface area contributed by atoms with Gasteiger partial charge in [0.15, 0.2) is 0 Å². The third-order valence-electron chi connectivity index (χ3n) is 4.04. The van der Waals surface area contributed by atoms with Gasteiger partial charge in [0, 0.05) is 35.9 Å². The van der Waals surface area contributed by atoms with Gasteiger partial charge in [-0.1, -0.05) is 6.07 Å². The molecule has 0 aromatic carbocycles. The van der Waals surface area contributed by atoms with E-state index in [4.69, 9.17) is 0 Å². The second kappa shape index (κ2) is 4.82. The molecule has 0 bridgehead atoms. The first-order valence-corrected chi connectivity index (χ1v) is 7.84. The number of likely N-dealkylation sites (N-methyl/N-ethyl adjacent to an activating group) is 1. The molecule has 0 unspecified atom stereocenters. The van der Waals surface area contributed by atoms with Gasteiger partial charge in [-0.3, -0.25) is 9.78 Å². The van der Waals surface area contributed by atoms with Gasteiger partial charge in [-0.2, -0.15) is 0 Å². The fraction of sp³-hybridized carbons (Fsp3) is 0.333. The van der Waals surface area contributed by atoms with Gasteiger partial charge in [-0.15, -0.1) is 11.3 Å². The molecule has 0 radical (unpaired) electrons. The van der Waals surface area contributed by atoms with Crippen molar-refractivity contribution in [2.24, 2.45) is 0 Å². The van der Waals surface area contributed by atoms with Crippen LogP contribution >= 0.6 is 11.3 Å². The molecule has 2 aromatic heterocycles. The van der Waals surface area contributed by atoms with Crippen LogP contribution in [0.5, 0.6) is 0 Å². The number of amides is 1. The molecule has 1 atom stereocenters. The molecule has 2 N–H and O–H groups in total. The largest absolute Gasteiger partial charge is 0.353 e. The fourth-order valence-electron chi connectivity index (χ4n) is 2.96. The van der Waals surface area contributed by atoms with Gasteiger partial charge in [0.05, 0.1) is 5.56 Å². The van der Waals surface area contributed by atoms with Crippen LogP contribution < -0.4 is 10.6 Å². The number of nitrogens with zero attached hydrogens (tertiary/aromatic N) is 2. The Labute approximate surface area is 127 Å². The number of hydrogen-bond donors (Lipinski definition) is 2. The van der Waals surface area contributed by atoms with Crippen LogP contribution in [0.4, 0.5) is 5.00 Å². The molecule has 2 aliphatic rings. The summed E-state index contributed by atoms with van der Waals surface area (Å²) in [6, 6.07) is 3.85. The van der Waals surface area contributed by atoms with Crippen molar-refractivity contribution in [1.82, 2.24) is 15.2 Å². The predicted octanol–water partition coefficient (Wildman–Crippen LogP) is 1.99. The van der Waals surface area contributed by atoms with E-state index < -0.39 is 0 Å². The van der Waals surface area contributed by atoms with E-state index in [1.54, 1.807) is 23.7 Å². The van der Waals surface area contributed by atoms with E-state index in [0.717, 1.165) is 35.6 Å². The number of nitrogens with one attached hydrogen (secondary N) is 2. The first-order valence-electron chi connectivity index (χ1n) is 7.03. The highest BCUT2D eigenvalue weighted by Crippen LogP contribution is 2.40. The molecule has 4 heterocycles.